The summed E-state index contributed by atoms with van der Waals surface area (Å²) in [6.07, 6.45) is 7.47. The summed E-state index contributed by atoms with van der Waals surface area (Å²) in [6, 6.07) is 15.1. The summed E-state index contributed by atoms with van der Waals surface area (Å²) >= 11 is 0. The van der Waals surface area contributed by atoms with Gasteiger partial charge in [0.05, 0.1) is 11.9 Å². The highest BCUT2D eigenvalue weighted by molar-refractivity contribution is 7.91. The number of benzene rings is 2. The van der Waals surface area contributed by atoms with Gasteiger partial charge in [-0.05, 0) is 42.1 Å². The maximum absolute atomic E-state index is 13.5. The van der Waals surface area contributed by atoms with E-state index in [1.165, 1.54) is 10.6 Å². The van der Waals surface area contributed by atoms with E-state index in [9.17, 15) is 21.6 Å². The smallest absolute Gasteiger partial charge is 0.329 e. The molecule has 9 nitrogen and oxygen atoms in total. The van der Waals surface area contributed by atoms with Crippen molar-refractivity contribution >= 4 is 46.0 Å². The molecule has 2 aromatic rings. The van der Waals surface area contributed by atoms with Crippen LogP contribution in [0.3, 0.4) is 0 Å². The van der Waals surface area contributed by atoms with Gasteiger partial charge in [0, 0.05) is 27.2 Å². The number of sulfonamides is 1. The molecular weight excluding hydrogens is 567 g/mol. The fourth-order valence-electron chi connectivity index (χ4n) is 4.87. The van der Waals surface area contributed by atoms with Crippen LogP contribution in [0.2, 0.25) is 25.7 Å². The molecule has 2 fully saturated rings. The van der Waals surface area contributed by atoms with Crippen LogP contribution >= 0.6 is 0 Å². The average molecular weight is 606 g/mol. The molecule has 1 atom stereocenters. The number of piperidine rings is 1. The topological polar surface area (TPSA) is 104 Å². The Balaban J connectivity index is 1.65. The van der Waals surface area contributed by atoms with Crippen molar-refractivity contribution in [3.05, 3.63) is 65.7 Å². The number of carbonyl (C=O) groups is 1. The largest absolute Gasteiger partial charge is 0.487 e. The minimum Gasteiger partial charge on any atom is -0.487 e. The summed E-state index contributed by atoms with van der Waals surface area (Å²) in [5, 5.41) is 0. The Hall–Kier alpha value is -2.67. The quantitative estimate of drug-likeness (QED) is 0.374. The van der Waals surface area contributed by atoms with Gasteiger partial charge in [0.25, 0.3) is 5.91 Å². The number of amides is 1. The van der Waals surface area contributed by atoms with Crippen LogP contribution in [0.5, 0.6) is 5.75 Å². The van der Waals surface area contributed by atoms with Crippen LogP contribution < -0.4 is 9.04 Å². The Bertz CT molecular complexity index is 1460. The third-order valence-electron chi connectivity index (χ3n) is 7.10. The van der Waals surface area contributed by atoms with Crippen molar-refractivity contribution in [2.24, 2.45) is 0 Å². The third-order valence-corrected chi connectivity index (χ3v) is 12.0. The van der Waals surface area contributed by atoms with Crippen molar-refractivity contribution in [2.45, 2.75) is 57.6 Å². The maximum Gasteiger partial charge on any atom is 0.329 e. The Labute approximate surface area is 239 Å². The van der Waals surface area contributed by atoms with Gasteiger partial charge in [0.15, 0.2) is 0 Å². The molecule has 2 saturated heterocycles. The number of hydrogen-bond acceptors (Lipinski definition) is 6. The summed E-state index contributed by atoms with van der Waals surface area (Å²) in [5.74, 6) is -0.118. The van der Waals surface area contributed by atoms with E-state index in [0.29, 0.717) is 24.0 Å². The molecule has 0 N–H and O–H groups in total. The van der Waals surface area contributed by atoms with Crippen molar-refractivity contribution in [3.8, 4) is 5.75 Å². The van der Waals surface area contributed by atoms with E-state index < -0.39 is 34.2 Å². The van der Waals surface area contributed by atoms with Crippen molar-refractivity contribution in [3.63, 3.8) is 0 Å². The summed E-state index contributed by atoms with van der Waals surface area (Å²) in [7, 11) is -8.97. The lowest BCUT2D eigenvalue weighted by Gasteiger charge is -2.31. The Morgan fingerprint density at radius 2 is 1.80 bits per heavy atom. The first kappa shape index (κ1) is 30.3. The van der Waals surface area contributed by atoms with Crippen molar-refractivity contribution in [2.75, 3.05) is 30.2 Å². The van der Waals surface area contributed by atoms with Crippen molar-refractivity contribution < 1.29 is 26.4 Å². The molecule has 0 radical (unpaired) electrons. The summed E-state index contributed by atoms with van der Waals surface area (Å²) in [6.45, 7) is 7.02. The molecule has 12 heteroatoms. The number of rotatable bonds is 10. The van der Waals surface area contributed by atoms with Crippen LogP contribution in [0.15, 0.2) is 54.6 Å². The summed E-state index contributed by atoms with van der Waals surface area (Å²) in [4.78, 5) is 12.9. The molecule has 2 aliphatic rings. The normalized spacial score (nSPS) is 20.4. The zero-order valence-electron chi connectivity index (χ0n) is 23.6. The molecule has 4 rings (SSSR count). The van der Waals surface area contributed by atoms with E-state index in [2.05, 4.69) is 19.6 Å². The highest BCUT2D eigenvalue weighted by Gasteiger charge is 2.44. The van der Waals surface area contributed by atoms with Crippen molar-refractivity contribution in [1.82, 2.24) is 8.61 Å². The van der Waals surface area contributed by atoms with Gasteiger partial charge in [-0.2, -0.15) is 12.7 Å². The molecule has 2 aromatic carbocycles. The molecule has 0 aliphatic carbocycles. The minimum absolute atomic E-state index is 0.173. The van der Waals surface area contributed by atoms with Crippen molar-refractivity contribution in [1.29, 1.82) is 0 Å². The fraction of sp³-hybridized carbons (Fsp3) is 0.464. The second-order valence-electron chi connectivity index (χ2n) is 11.6. The monoisotopic (exact) mass is 605 g/mol. The molecule has 0 bridgehead atoms. The molecule has 1 amide bonds. The average Bonchev–Trinajstić information content (AvgIpc) is 3.12. The van der Waals surface area contributed by atoms with Crippen LogP contribution in [0.4, 0.5) is 5.69 Å². The lowest BCUT2D eigenvalue weighted by Crippen LogP contribution is -2.41. The predicted octanol–water partition coefficient (Wildman–Crippen LogP) is 4.32. The van der Waals surface area contributed by atoms with E-state index in [1.807, 2.05) is 42.5 Å². The molecular formula is C28H39N3O6S2Si. The first-order valence-electron chi connectivity index (χ1n) is 13.5. The lowest BCUT2D eigenvalue weighted by molar-refractivity contribution is -0.123. The third kappa shape index (κ3) is 7.34. The number of ether oxygens (including phenoxy) is 1. The summed E-state index contributed by atoms with van der Waals surface area (Å²) < 4.78 is 61.3. The number of anilines is 1. The molecule has 2 heterocycles. The highest BCUT2D eigenvalue weighted by Crippen LogP contribution is 2.36. The Kier molecular flexibility index (Phi) is 9.13. The van der Waals surface area contributed by atoms with Gasteiger partial charge < -0.3 is 4.74 Å². The molecule has 218 valence electrons. The fourth-order valence-corrected chi connectivity index (χ4v) is 8.60. The van der Waals surface area contributed by atoms with E-state index in [4.69, 9.17) is 4.74 Å². The second kappa shape index (κ2) is 12.1. The molecule has 0 spiro atoms. The molecule has 0 aromatic heterocycles. The lowest BCUT2D eigenvalue weighted by atomic mass is 10.0. The minimum atomic E-state index is -4.06. The summed E-state index contributed by atoms with van der Waals surface area (Å²) in [5.41, 5.74) is 1.95. The molecule has 40 heavy (non-hydrogen) atoms. The van der Waals surface area contributed by atoms with Gasteiger partial charge in [0.2, 0.25) is 10.0 Å². The zero-order chi connectivity index (χ0) is 29.1. The first-order chi connectivity index (χ1) is 18.8. The van der Waals surface area contributed by atoms with Crippen LogP contribution in [0.25, 0.3) is 6.08 Å². The predicted molar refractivity (Wildman–Crippen MR) is 162 cm³/mol. The van der Waals surface area contributed by atoms with E-state index in [-0.39, 0.29) is 25.7 Å². The van der Waals surface area contributed by atoms with Gasteiger partial charge >= 0.3 is 10.2 Å². The number of hydrogen-bond donors (Lipinski definition) is 0. The van der Waals surface area contributed by atoms with Gasteiger partial charge in [-0.15, -0.1) is 0 Å². The molecule has 2 aliphatic heterocycles. The van der Waals surface area contributed by atoms with Crippen LogP contribution in [-0.2, 0) is 31.6 Å². The SMILES string of the molecule is C[Si](C)(C)CCN1C(=O)CN(c2ccc(C=CC3CCCCN3S(C)(=O)=O)cc2OCc2ccccc2)S1(=O)=O. The van der Waals surface area contributed by atoms with Gasteiger partial charge in [-0.25, -0.2) is 17.0 Å². The zero-order valence-corrected chi connectivity index (χ0v) is 26.2. The van der Waals surface area contributed by atoms with E-state index in [0.717, 1.165) is 39.0 Å². The molecule has 1 unspecified atom stereocenters. The molecule has 0 saturated carbocycles. The van der Waals surface area contributed by atoms with Crippen LogP contribution in [0, 0.1) is 0 Å². The maximum atomic E-state index is 13.5. The standard InChI is InChI=1S/C28H39N3O6S2Si/c1-38(33,34)29-17-9-8-12-25(29)15-13-23-14-16-26(27(20-23)37-22-24-10-6-5-7-11-24)31-21-28(32)30(39(31,35)36)18-19-40(2,3)4/h5-7,10-11,13-16,20,25H,8-9,12,17-19,21-22H2,1-4H3. The Morgan fingerprint density at radius 3 is 2.48 bits per heavy atom. The van der Waals surface area contributed by atoms with Gasteiger partial charge in [-0.3, -0.25) is 4.79 Å². The number of carbonyl (C=O) groups excluding carboxylic acids is 1. The first-order valence-corrected chi connectivity index (χ1v) is 20.5. The van der Waals surface area contributed by atoms with E-state index >= 15 is 0 Å². The van der Waals surface area contributed by atoms with Crippen LogP contribution in [0.1, 0.15) is 30.4 Å². The highest BCUT2D eigenvalue weighted by atomic mass is 32.2. The van der Waals surface area contributed by atoms with E-state index in [1.54, 1.807) is 18.2 Å². The second-order valence-corrected chi connectivity index (χ2v) is 20.9. The Morgan fingerprint density at radius 1 is 1.07 bits per heavy atom. The van der Waals surface area contributed by atoms with Gasteiger partial charge in [-0.1, -0.05) is 74.6 Å². The van der Waals surface area contributed by atoms with Crippen LogP contribution in [-0.4, -0.2) is 71.4 Å². The number of nitrogens with zero attached hydrogens (tertiary/aromatic N) is 3. The van der Waals surface area contributed by atoms with Gasteiger partial charge in [0.1, 0.15) is 18.9 Å².